The summed E-state index contributed by atoms with van der Waals surface area (Å²) < 4.78 is 0. The third-order valence-corrected chi connectivity index (χ3v) is 8.94. The zero-order valence-corrected chi connectivity index (χ0v) is 20.8. The van der Waals surface area contributed by atoms with E-state index in [2.05, 4.69) is 5.32 Å². The van der Waals surface area contributed by atoms with E-state index in [-0.39, 0.29) is 18.5 Å². The molecule has 0 saturated carbocycles. The third kappa shape index (κ3) is 3.14. The molecule has 2 atom stereocenters. The average molecular weight is 535 g/mol. The number of likely N-dealkylation sites (tertiary alicyclic amines) is 1. The number of nitrogens with one attached hydrogen (secondary N) is 1. The SMILES string of the molecule is O=C(CCN1C(=O)[C@@H]2[C@@H](C1=O)C1(Cl)c3ccccc3C2(Cl)c2ccccc21)Nc1ccc(C(=O)O)cc1. The summed E-state index contributed by atoms with van der Waals surface area (Å²) in [4.78, 5) is 49.7. The molecule has 9 heteroatoms. The summed E-state index contributed by atoms with van der Waals surface area (Å²) in [6, 6.07) is 20.5. The van der Waals surface area contributed by atoms with E-state index in [4.69, 9.17) is 28.3 Å². The molecule has 1 aliphatic heterocycles. The average Bonchev–Trinajstić information content (AvgIpc) is 3.16. The van der Waals surface area contributed by atoms with Gasteiger partial charge in [-0.3, -0.25) is 19.3 Å². The Morgan fingerprint density at radius 2 is 1.22 bits per heavy atom. The van der Waals surface area contributed by atoms with Crippen LogP contribution in [-0.2, 0) is 24.1 Å². The minimum atomic E-state index is -1.26. The van der Waals surface area contributed by atoms with Gasteiger partial charge in [-0.15, -0.1) is 23.2 Å². The van der Waals surface area contributed by atoms with Gasteiger partial charge in [0.25, 0.3) is 0 Å². The van der Waals surface area contributed by atoms with Crippen LogP contribution in [0.1, 0.15) is 39.0 Å². The lowest BCUT2D eigenvalue weighted by Gasteiger charge is -2.54. The monoisotopic (exact) mass is 534 g/mol. The predicted octanol–water partition coefficient (Wildman–Crippen LogP) is 4.31. The van der Waals surface area contributed by atoms with Gasteiger partial charge in [0.05, 0.1) is 17.4 Å². The number of imide groups is 1. The number of alkyl halides is 2. The van der Waals surface area contributed by atoms with E-state index in [0.717, 1.165) is 27.2 Å². The Balaban J connectivity index is 1.29. The Morgan fingerprint density at radius 3 is 1.62 bits per heavy atom. The minimum Gasteiger partial charge on any atom is -0.478 e. The van der Waals surface area contributed by atoms with Crippen LogP contribution in [0.5, 0.6) is 0 Å². The van der Waals surface area contributed by atoms with Crippen LogP contribution >= 0.6 is 23.2 Å². The summed E-state index contributed by atoms with van der Waals surface area (Å²) >= 11 is 14.7. The first-order valence-electron chi connectivity index (χ1n) is 11.7. The molecule has 0 unspecified atom stereocenters. The van der Waals surface area contributed by atoms with Gasteiger partial charge in [0, 0.05) is 18.7 Å². The molecule has 4 aliphatic rings. The number of hydrogen-bond donors (Lipinski definition) is 2. The molecule has 3 aliphatic carbocycles. The van der Waals surface area contributed by atoms with Crippen LogP contribution in [0.4, 0.5) is 5.69 Å². The van der Waals surface area contributed by atoms with Crippen molar-refractivity contribution in [1.29, 1.82) is 0 Å². The molecule has 1 saturated heterocycles. The van der Waals surface area contributed by atoms with E-state index in [9.17, 15) is 19.2 Å². The van der Waals surface area contributed by atoms with Gasteiger partial charge in [-0.1, -0.05) is 48.5 Å². The van der Waals surface area contributed by atoms with Crippen molar-refractivity contribution in [2.24, 2.45) is 11.8 Å². The van der Waals surface area contributed by atoms with E-state index >= 15 is 0 Å². The summed E-state index contributed by atoms with van der Waals surface area (Å²) in [7, 11) is 0. The smallest absolute Gasteiger partial charge is 0.335 e. The van der Waals surface area contributed by atoms with Crippen LogP contribution in [0.15, 0.2) is 72.8 Å². The molecule has 3 amide bonds. The van der Waals surface area contributed by atoms with Gasteiger partial charge in [0.15, 0.2) is 0 Å². The lowest BCUT2D eigenvalue weighted by molar-refractivity contribution is -0.140. The fourth-order valence-electron chi connectivity index (χ4n) is 6.08. The van der Waals surface area contributed by atoms with Gasteiger partial charge >= 0.3 is 5.97 Å². The number of anilines is 1. The summed E-state index contributed by atoms with van der Waals surface area (Å²) in [6.45, 7) is -0.129. The fraction of sp³-hybridized carbons (Fsp3) is 0.214. The van der Waals surface area contributed by atoms with E-state index in [1.165, 1.54) is 24.3 Å². The Labute approximate surface area is 222 Å². The Morgan fingerprint density at radius 1 is 0.784 bits per heavy atom. The first kappa shape index (κ1) is 23.7. The van der Waals surface area contributed by atoms with Crippen LogP contribution in [0, 0.1) is 11.8 Å². The zero-order valence-electron chi connectivity index (χ0n) is 19.3. The molecule has 7 rings (SSSR count). The minimum absolute atomic E-state index is 0.0931. The molecule has 2 bridgehead atoms. The second kappa shape index (κ2) is 8.16. The van der Waals surface area contributed by atoms with Crippen LogP contribution in [0.3, 0.4) is 0 Å². The highest BCUT2D eigenvalue weighted by atomic mass is 35.5. The largest absolute Gasteiger partial charge is 0.478 e. The molecule has 37 heavy (non-hydrogen) atoms. The zero-order chi connectivity index (χ0) is 26.1. The molecule has 7 nitrogen and oxygen atoms in total. The van der Waals surface area contributed by atoms with Crippen LogP contribution in [0.25, 0.3) is 0 Å². The molecule has 3 aromatic carbocycles. The summed E-state index contributed by atoms with van der Waals surface area (Å²) in [5.74, 6) is -4.20. The number of carboxylic acid groups (broad SMARTS) is 1. The molecule has 1 fully saturated rings. The van der Waals surface area contributed by atoms with Crippen molar-refractivity contribution in [1.82, 2.24) is 4.90 Å². The lowest BCUT2D eigenvalue weighted by atomic mass is 9.54. The van der Waals surface area contributed by atoms with E-state index in [1.54, 1.807) is 0 Å². The lowest BCUT2D eigenvalue weighted by Crippen LogP contribution is -2.57. The van der Waals surface area contributed by atoms with Gasteiger partial charge in [0.2, 0.25) is 17.7 Å². The first-order chi connectivity index (χ1) is 17.7. The first-order valence-corrected chi connectivity index (χ1v) is 12.5. The summed E-state index contributed by atoms with van der Waals surface area (Å²) in [5.41, 5.74) is 3.38. The molecule has 0 spiro atoms. The maximum atomic E-state index is 13.8. The molecule has 3 aromatic rings. The standard InChI is InChI=1S/C28H20Cl2N2O5/c29-27-17-5-1-2-6-18(17)28(30,20-8-4-3-7-19(20)27)23-22(27)24(34)32(25(23)35)14-13-21(33)31-16-11-9-15(10-12-16)26(36)37/h1-12,22-23H,13-14H2,(H,31,33)(H,36,37)/t22-,23-,27?,28?/m0/s1. The van der Waals surface area contributed by atoms with Crippen molar-refractivity contribution in [3.05, 3.63) is 101 Å². The number of amides is 3. The molecule has 1 heterocycles. The highest BCUT2D eigenvalue weighted by Crippen LogP contribution is 2.69. The van der Waals surface area contributed by atoms with E-state index in [1.807, 2.05) is 48.5 Å². The highest BCUT2D eigenvalue weighted by Gasteiger charge is 2.72. The van der Waals surface area contributed by atoms with Crippen molar-refractivity contribution in [3.63, 3.8) is 0 Å². The number of carbonyl (C=O) groups is 4. The second-order valence-electron chi connectivity index (χ2n) is 9.48. The summed E-state index contributed by atoms with van der Waals surface area (Å²) in [6.07, 6.45) is -0.137. The molecule has 0 aromatic heterocycles. The number of rotatable bonds is 5. The van der Waals surface area contributed by atoms with Gasteiger partial charge in [-0.25, -0.2) is 4.79 Å². The van der Waals surface area contributed by atoms with Crippen LogP contribution in [-0.4, -0.2) is 40.2 Å². The van der Waals surface area contributed by atoms with Crippen molar-refractivity contribution in [2.75, 3.05) is 11.9 Å². The van der Waals surface area contributed by atoms with Gasteiger partial charge < -0.3 is 10.4 Å². The van der Waals surface area contributed by atoms with Crippen molar-refractivity contribution in [3.8, 4) is 0 Å². The third-order valence-electron chi connectivity index (χ3n) is 7.65. The Hall–Kier alpha value is -3.68. The number of carbonyl (C=O) groups excluding carboxylic acids is 3. The molecular formula is C28H20Cl2N2O5. The number of halogens is 2. The molecular weight excluding hydrogens is 515 g/mol. The van der Waals surface area contributed by atoms with Crippen LogP contribution < -0.4 is 5.32 Å². The number of nitrogens with zero attached hydrogens (tertiary/aromatic N) is 1. The summed E-state index contributed by atoms with van der Waals surface area (Å²) in [5, 5.41) is 11.7. The Kier molecular flexibility index (Phi) is 5.23. The quantitative estimate of drug-likeness (QED) is 0.375. The normalized spacial score (nSPS) is 26.9. The van der Waals surface area contributed by atoms with Gasteiger partial charge in [-0.2, -0.15) is 0 Å². The topological polar surface area (TPSA) is 104 Å². The van der Waals surface area contributed by atoms with E-state index < -0.39 is 45.3 Å². The van der Waals surface area contributed by atoms with Gasteiger partial charge in [-0.05, 0) is 46.5 Å². The number of aromatic carboxylic acids is 1. The number of hydrogen-bond acceptors (Lipinski definition) is 4. The molecule has 186 valence electrons. The second-order valence-corrected chi connectivity index (χ2v) is 10.7. The van der Waals surface area contributed by atoms with Gasteiger partial charge in [0.1, 0.15) is 9.75 Å². The van der Waals surface area contributed by atoms with E-state index in [0.29, 0.717) is 5.69 Å². The number of carboxylic acids is 1. The van der Waals surface area contributed by atoms with Crippen molar-refractivity contribution >= 4 is 52.6 Å². The molecule has 2 N–H and O–H groups in total. The van der Waals surface area contributed by atoms with Crippen LogP contribution in [0.2, 0.25) is 0 Å². The Bertz CT molecular complexity index is 1380. The van der Waals surface area contributed by atoms with Crippen molar-refractivity contribution < 1.29 is 24.3 Å². The predicted molar refractivity (Wildman–Crippen MR) is 136 cm³/mol. The highest BCUT2D eigenvalue weighted by molar-refractivity contribution is 6.36. The number of benzene rings is 3. The fourth-order valence-corrected chi connectivity index (χ4v) is 7.18. The maximum Gasteiger partial charge on any atom is 0.335 e. The molecule has 0 radical (unpaired) electrons. The maximum absolute atomic E-state index is 13.8. The van der Waals surface area contributed by atoms with Crippen molar-refractivity contribution in [2.45, 2.75) is 16.2 Å².